The third kappa shape index (κ3) is 4.91. The number of nitrogens with two attached hydrogens (primary N) is 1. The predicted octanol–water partition coefficient (Wildman–Crippen LogP) is 2.71. The number of likely N-dealkylation sites (N-methyl/N-ethyl adjacent to an activating group) is 1. The number of amides is 4. The Morgan fingerprint density at radius 3 is 2.42 bits per heavy atom. The molecule has 1 aliphatic heterocycles. The topological polar surface area (TPSA) is 126 Å². The van der Waals surface area contributed by atoms with Gasteiger partial charge in [0.25, 0.3) is 5.91 Å². The molecule has 1 aliphatic rings. The molecule has 0 radical (unpaired) electrons. The molecule has 0 saturated carbocycles. The molecule has 1 aromatic carbocycles. The van der Waals surface area contributed by atoms with Crippen LogP contribution in [-0.2, 0) is 23.1 Å². The lowest BCUT2D eigenvalue weighted by Gasteiger charge is -2.45. The molecule has 0 bridgehead atoms. The quantitative estimate of drug-likeness (QED) is 0.358. The molecule has 3 N–H and O–H groups in total. The summed E-state index contributed by atoms with van der Waals surface area (Å²) in [5, 5.41) is 2.54. The maximum Gasteiger partial charge on any atom is 0.325 e. The van der Waals surface area contributed by atoms with E-state index in [4.69, 9.17) is 5.73 Å². The van der Waals surface area contributed by atoms with Crippen molar-refractivity contribution in [3.05, 3.63) is 71.4 Å². The van der Waals surface area contributed by atoms with Crippen LogP contribution in [0.25, 0.3) is 0 Å². The van der Waals surface area contributed by atoms with E-state index in [1.165, 1.54) is 24.3 Å². The Bertz CT molecular complexity index is 1370. The number of aromatic nitrogens is 3. The number of nitrogens with one attached hydrogen (secondary N) is 1. The van der Waals surface area contributed by atoms with Crippen molar-refractivity contribution >= 4 is 29.6 Å². The van der Waals surface area contributed by atoms with Crippen molar-refractivity contribution in [3.8, 4) is 0 Å². The van der Waals surface area contributed by atoms with E-state index < -0.39 is 53.3 Å². The minimum atomic E-state index is -1.63. The number of nitrogens with zero attached hydrogens (tertiary/aromatic N) is 5. The van der Waals surface area contributed by atoms with Crippen molar-refractivity contribution in [1.29, 1.82) is 0 Å². The molecule has 3 heterocycles. The van der Waals surface area contributed by atoms with Gasteiger partial charge in [-0.2, -0.15) is 0 Å². The number of nitrogen functional groups attached to an aromatic ring is 1. The van der Waals surface area contributed by atoms with Crippen LogP contribution in [0, 0.1) is 23.4 Å². The number of carbonyl (C=O) groups excluding carboxylic acids is 3. The van der Waals surface area contributed by atoms with Crippen LogP contribution in [-0.4, -0.2) is 50.4 Å². The second kappa shape index (κ2) is 10.5. The van der Waals surface area contributed by atoms with E-state index in [2.05, 4.69) is 15.3 Å². The molecule has 13 heteroatoms. The van der Waals surface area contributed by atoms with Crippen LogP contribution < -0.4 is 16.0 Å². The summed E-state index contributed by atoms with van der Waals surface area (Å²) in [6.45, 7) is 1.64. The van der Waals surface area contributed by atoms with E-state index in [1.54, 1.807) is 36.9 Å². The first kappa shape index (κ1) is 26.6. The molecular formula is C25H26F3N7O3. The van der Waals surface area contributed by atoms with E-state index in [0.29, 0.717) is 11.5 Å². The number of hydrogen-bond donors (Lipinski definition) is 2. The van der Waals surface area contributed by atoms with Crippen molar-refractivity contribution in [2.24, 2.45) is 13.0 Å². The maximum atomic E-state index is 13.8. The lowest BCUT2D eigenvalue weighted by molar-refractivity contribution is -0.156. The largest absolute Gasteiger partial charge is 0.384 e. The van der Waals surface area contributed by atoms with Crippen LogP contribution in [0.4, 0.5) is 29.7 Å². The Labute approximate surface area is 216 Å². The van der Waals surface area contributed by atoms with Crippen molar-refractivity contribution < 1.29 is 27.6 Å². The molecule has 0 spiro atoms. The summed E-state index contributed by atoms with van der Waals surface area (Å²) in [5.41, 5.74) is 6.37. The van der Waals surface area contributed by atoms with E-state index in [0.717, 1.165) is 17.0 Å². The number of anilines is 2. The number of carbonyl (C=O) groups is 3. The highest BCUT2D eigenvalue weighted by atomic mass is 19.2. The number of aryl methyl sites for hydroxylation is 1. The van der Waals surface area contributed by atoms with Gasteiger partial charge in [-0.25, -0.2) is 27.9 Å². The zero-order chi connectivity index (χ0) is 27.7. The number of imidazole rings is 1. The molecule has 4 rings (SSSR count). The van der Waals surface area contributed by atoms with Crippen LogP contribution in [0.15, 0.2) is 42.9 Å². The third-order valence-corrected chi connectivity index (χ3v) is 6.53. The minimum absolute atomic E-state index is 0.0259. The molecule has 1 fully saturated rings. The highest BCUT2D eigenvalue weighted by molar-refractivity contribution is 6.12. The van der Waals surface area contributed by atoms with Crippen LogP contribution >= 0.6 is 0 Å². The number of imide groups is 1. The van der Waals surface area contributed by atoms with Gasteiger partial charge in [0.1, 0.15) is 11.9 Å². The van der Waals surface area contributed by atoms with Gasteiger partial charge in [-0.1, -0.05) is 6.92 Å². The molecule has 200 valence electrons. The molecule has 1 unspecified atom stereocenters. The molecule has 38 heavy (non-hydrogen) atoms. The number of hydrogen-bond acceptors (Lipinski definition) is 6. The molecule has 3 atom stereocenters. The summed E-state index contributed by atoms with van der Waals surface area (Å²) in [6.07, 6.45) is 4.90. The van der Waals surface area contributed by atoms with Gasteiger partial charge in [0.2, 0.25) is 11.9 Å². The van der Waals surface area contributed by atoms with Crippen LogP contribution in [0.2, 0.25) is 0 Å². The van der Waals surface area contributed by atoms with Crippen LogP contribution in [0.5, 0.6) is 0 Å². The molecule has 0 aliphatic carbocycles. The highest BCUT2D eigenvalue weighted by Crippen LogP contribution is 2.33. The fraction of sp³-hybridized carbons (Fsp3) is 0.320. The normalized spacial score (nSPS) is 17.6. The van der Waals surface area contributed by atoms with Crippen molar-refractivity contribution in [1.82, 2.24) is 24.8 Å². The Morgan fingerprint density at radius 2 is 1.84 bits per heavy atom. The second-order valence-electron chi connectivity index (χ2n) is 9.00. The SMILES string of the molecule is CCC(NC(=O)N1C(=O)[C@H](Cc2ccnc(N)c2)[C@H]1C(=O)N(C)c1nccn1C)c1cc(F)c(F)c(F)c1. The lowest BCUT2D eigenvalue weighted by atomic mass is 9.81. The minimum Gasteiger partial charge on any atom is -0.384 e. The molecule has 10 nitrogen and oxygen atoms in total. The van der Waals surface area contributed by atoms with Gasteiger partial charge in [0.15, 0.2) is 17.5 Å². The molecule has 4 amide bonds. The first-order valence-electron chi connectivity index (χ1n) is 11.8. The van der Waals surface area contributed by atoms with Gasteiger partial charge in [0.05, 0.1) is 12.0 Å². The van der Waals surface area contributed by atoms with E-state index >= 15 is 0 Å². The second-order valence-corrected chi connectivity index (χ2v) is 9.00. The first-order valence-corrected chi connectivity index (χ1v) is 11.8. The zero-order valence-electron chi connectivity index (χ0n) is 20.9. The van der Waals surface area contributed by atoms with E-state index in [-0.39, 0.29) is 24.2 Å². The van der Waals surface area contributed by atoms with Gasteiger partial charge in [0, 0.05) is 32.7 Å². The number of rotatable bonds is 7. The Balaban J connectivity index is 1.62. The smallest absolute Gasteiger partial charge is 0.325 e. The number of β-lactam (4-membered cyclic amide) rings is 1. The summed E-state index contributed by atoms with van der Waals surface area (Å²) in [5.74, 6) is -5.98. The highest BCUT2D eigenvalue weighted by Gasteiger charge is 2.55. The molecule has 3 aromatic rings. The lowest BCUT2D eigenvalue weighted by Crippen LogP contribution is -2.70. The summed E-state index contributed by atoms with van der Waals surface area (Å²) >= 11 is 0. The fourth-order valence-corrected chi connectivity index (χ4v) is 4.53. The summed E-state index contributed by atoms with van der Waals surface area (Å²) < 4.78 is 42.7. The monoisotopic (exact) mass is 529 g/mol. The van der Waals surface area contributed by atoms with Crippen molar-refractivity contribution in [3.63, 3.8) is 0 Å². The van der Waals surface area contributed by atoms with Gasteiger partial charge in [-0.15, -0.1) is 0 Å². The predicted molar refractivity (Wildman–Crippen MR) is 131 cm³/mol. The molecule has 2 aromatic heterocycles. The zero-order valence-corrected chi connectivity index (χ0v) is 20.9. The maximum absolute atomic E-state index is 13.8. The number of likely N-dealkylation sites (tertiary alicyclic amines) is 1. The Hall–Kier alpha value is -4.42. The number of urea groups is 1. The van der Waals surface area contributed by atoms with Crippen LogP contribution in [0.3, 0.4) is 0 Å². The van der Waals surface area contributed by atoms with Crippen molar-refractivity contribution in [2.45, 2.75) is 31.8 Å². The van der Waals surface area contributed by atoms with Gasteiger partial charge in [-0.05, 0) is 48.2 Å². The first-order chi connectivity index (χ1) is 18.0. The average molecular weight is 530 g/mol. The summed E-state index contributed by atoms with van der Waals surface area (Å²) in [6, 6.07) is 1.70. The van der Waals surface area contributed by atoms with Gasteiger partial charge in [-0.3, -0.25) is 19.4 Å². The summed E-state index contributed by atoms with van der Waals surface area (Å²) in [7, 11) is 3.16. The third-order valence-electron chi connectivity index (χ3n) is 6.53. The standard InChI is InChI=1S/C25H26F3N7O3/c1-4-18(14-11-16(26)20(28)17(27)12-14)32-25(38)35-21(23(37)34(3)24-31-7-8-33(24)2)15(22(35)36)9-13-5-6-30-19(29)10-13/h5-8,10-12,15,18,21H,4,9H2,1-3H3,(H2,29,30)(H,32,38)/t15-,18?,21+/m1/s1. The Kier molecular flexibility index (Phi) is 7.37. The molecule has 1 saturated heterocycles. The van der Waals surface area contributed by atoms with Crippen molar-refractivity contribution in [2.75, 3.05) is 17.7 Å². The van der Waals surface area contributed by atoms with E-state index in [9.17, 15) is 27.6 Å². The number of benzene rings is 1. The van der Waals surface area contributed by atoms with E-state index in [1.807, 2.05) is 0 Å². The summed E-state index contributed by atoms with van der Waals surface area (Å²) in [4.78, 5) is 50.1. The number of halogens is 3. The van der Waals surface area contributed by atoms with Gasteiger partial charge >= 0.3 is 6.03 Å². The Morgan fingerprint density at radius 1 is 1.16 bits per heavy atom. The molecular weight excluding hydrogens is 503 g/mol. The van der Waals surface area contributed by atoms with Gasteiger partial charge < -0.3 is 15.6 Å². The average Bonchev–Trinajstić information content (AvgIpc) is 3.31. The number of pyridine rings is 1. The fourth-order valence-electron chi connectivity index (χ4n) is 4.53. The van der Waals surface area contributed by atoms with Crippen LogP contribution in [0.1, 0.15) is 30.5 Å².